The third-order valence-corrected chi connectivity index (χ3v) is 2.31. The molecule has 0 aliphatic rings. The fraction of sp³-hybridized carbons (Fsp3) is 0.143. The molecule has 11 heavy (non-hydrogen) atoms. The van der Waals surface area contributed by atoms with E-state index in [-0.39, 0.29) is 0 Å². The van der Waals surface area contributed by atoms with Crippen LogP contribution in [0.5, 0.6) is 0 Å². The average Bonchev–Trinajstić information content (AvgIpc) is 1.97. The molecule has 60 valence electrons. The summed E-state index contributed by atoms with van der Waals surface area (Å²) >= 11 is 11.4. The lowest BCUT2D eigenvalue weighted by molar-refractivity contribution is 1.47. The normalized spacial score (nSPS) is 10.1. The predicted molar refractivity (Wildman–Crippen MR) is 50.0 cm³/mol. The molecule has 0 bridgehead atoms. The van der Waals surface area contributed by atoms with Crippen molar-refractivity contribution >= 4 is 34.6 Å². The largest absolute Gasteiger partial charge is 0.397 e. The lowest BCUT2D eigenvalue weighted by atomic mass is 10.2. The number of rotatable bonds is 0. The number of aryl methyl sites for hydroxylation is 1. The Morgan fingerprint density at radius 3 is 2.27 bits per heavy atom. The molecule has 2 nitrogen and oxygen atoms in total. The highest BCUT2D eigenvalue weighted by atomic mass is 35.5. The Kier molecular flexibility index (Phi) is 2.16. The molecule has 1 rings (SSSR count). The van der Waals surface area contributed by atoms with Crippen molar-refractivity contribution in [3.63, 3.8) is 0 Å². The van der Waals surface area contributed by atoms with Gasteiger partial charge < -0.3 is 11.5 Å². The number of hydrogen-bond acceptors (Lipinski definition) is 2. The van der Waals surface area contributed by atoms with Crippen molar-refractivity contribution in [3.8, 4) is 0 Å². The zero-order valence-electron chi connectivity index (χ0n) is 5.99. The maximum absolute atomic E-state index is 5.72. The van der Waals surface area contributed by atoms with Gasteiger partial charge in [0.2, 0.25) is 0 Å². The van der Waals surface area contributed by atoms with Gasteiger partial charge in [0.1, 0.15) is 0 Å². The van der Waals surface area contributed by atoms with Crippen molar-refractivity contribution in [2.75, 3.05) is 11.5 Å². The zero-order chi connectivity index (χ0) is 8.59. The number of nitrogen functional groups attached to an aromatic ring is 2. The van der Waals surface area contributed by atoms with Crippen LogP contribution in [0.25, 0.3) is 0 Å². The van der Waals surface area contributed by atoms with Crippen LogP contribution >= 0.6 is 23.2 Å². The first-order valence-electron chi connectivity index (χ1n) is 3.03. The molecular formula is C7H8Cl2N2. The summed E-state index contributed by atoms with van der Waals surface area (Å²) in [5.41, 5.74) is 12.8. The summed E-state index contributed by atoms with van der Waals surface area (Å²) in [7, 11) is 0. The van der Waals surface area contributed by atoms with Crippen LogP contribution in [0.2, 0.25) is 10.0 Å². The molecule has 1 aromatic rings. The molecule has 0 amide bonds. The molecule has 0 radical (unpaired) electrons. The van der Waals surface area contributed by atoms with Crippen molar-refractivity contribution in [1.29, 1.82) is 0 Å². The van der Waals surface area contributed by atoms with Gasteiger partial charge >= 0.3 is 0 Å². The molecule has 0 aliphatic heterocycles. The van der Waals surface area contributed by atoms with Crippen molar-refractivity contribution in [1.82, 2.24) is 0 Å². The second-order valence-electron chi connectivity index (χ2n) is 2.32. The molecule has 0 unspecified atom stereocenters. The summed E-state index contributed by atoms with van der Waals surface area (Å²) in [5.74, 6) is 0. The maximum Gasteiger partial charge on any atom is 0.0842 e. The van der Waals surface area contributed by atoms with E-state index in [0.29, 0.717) is 21.4 Å². The van der Waals surface area contributed by atoms with E-state index in [2.05, 4.69) is 0 Å². The van der Waals surface area contributed by atoms with Crippen molar-refractivity contribution in [3.05, 3.63) is 21.7 Å². The monoisotopic (exact) mass is 190 g/mol. The van der Waals surface area contributed by atoms with E-state index in [9.17, 15) is 0 Å². The Balaban J connectivity index is 3.46. The first kappa shape index (κ1) is 8.50. The molecule has 0 fully saturated rings. The Morgan fingerprint density at radius 2 is 1.73 bits per heavy atom. The number of anilines is 2. The van der Waals surface area contributed by atoms with Gasteiger partial charge in [-0.25, -0.2) is 0 Å². The molecular weight excluding hydrogens is 183 g/mol. The first-order chi connectivity index (χ1) is 5.04. The molecule has 0 spiro atoms. The van der Waals surface area contributed by atoms with E-state index in [1.807, 2.05) is 6.92 Å². The lowest BCUT2D eigenvalue weighted by Gasteiger charge is -2.07. The Bertz CT molecular complexity index is 271. The Hall–Kier alpha value is -0.600. The van der Waals surface area contributed by atoms with Crippen LogP contribution in [0.3, 0.4) is 0 Å². The highest BCUT2D eigenvalue weighted by molar-refractivity contribution is 6.44. The van der Waals surface area contributed by atoms with Crippen LogP contribution in [0.1, 0.15) is 5.56 Å². The van der Waals surface area contributed by atoms with Crippen molar-refractivity contribution < 1.29 is 0 Å². The molecule has 0 aromatic heterocycles. The quantitative estimate of drug-likeness (QED) is 0.618. The second kappa shape index (κ2) is 2.80. The van der Waals surface area contributed by atoms with E-state index in [1.165, 1.54) is 0 Å². The number of nitrogens with two attached hydrogens (primary N) is 2. The highest BCUT2D eigenvalue weighted by Gasteiger charge is 2.07. The van der Waals surface area contributed by atoms with Crippen LogP contribution in [-0.4, -0.2) is 0 Å². The van der Waals surface area contributed by atoms with E-state index >= 15 is 0 Å². The van der Waals surface area contributed by atoms with E-state index in [4.69, 9.17) is 34.7 Å². The van der Waals surface area contributed by atoms with Crippen LogP contribution < -0.4 is 11.5 Å². The van der Waals surface area contributed by atoms with Gasteiger partial charge in [-0.05, 0) is 18.6 Å². The molecule has 0 heterocycles. The summed E-state index contributed by atoms with van der Waals surface area (Å²) in [4.78, 5) is 0. The summed E-state index contributed by atoms with van der Waals surface area (Å²) in [5, 5.41) is 0.769. The summed E-state index contributed by atoms with van der Waals surface area (Å²) in [6.07, 6.45) is 0. The summed E-state index contributed by atoms with van der Waals surface area (Å²) in [6.45, 7) is 1.83. The average molecular weight is 191 g/mol. The van der Waals surface area contributed by atoms with Gasteiger partial charge in [-0.1, -0.05) is 23.2 Å². The van der Waals surface area contributed by atoms with Crippen LogP contribution in [0.4, 0.5) is 11.4 Å². The summed E-state index contributed by atoms with van der Waals surface area (Å²) in [6, 6.07) is 1.69. The minimum absolute atomic E-state index is 0.328. The number of hydrogen-bond donors (Lipinski definition) is 2. The molecule has 0 saturated carbocycles. The number of halogens is 2. The first-order valence-corrected chi connectivity index (χ1v) is 3.79. The Labute approximate surface area is 75.1 Å². The maximum atomic E-state index is 5.72. The van der Waals surface area contributed by atoms with Gasteiger partial charge in [-0.3, -0.25) is 0 Å². The van der Waals surface area contributed by atoms with Gasteiger partial charge in [-0.2, -0.15) is 0 Å². The minimum Gasteiger partial charge on any atom is -0.397 e. The van der Waals surface area contributed by atoms with Crippen LogP contribution in [0, 0.1) is 6.92 Å². The fourth-order valence-electron chi connectivity index (χ4n) is 0.791. The van der Waals surface area contributed by atoms with Crippen molar-refractivity contribution in [2.45, 2.75) is 6.92 Å². The third kappa shape index (κ3) is 1.37. The van der Waals surface area contributed by atoms with Gasteiger partial charge in [0.15, 0.2) is 0 Å². The fourth-order valence-corrected chi connectivity index (χ4v) is 1.21. The highest BCUT2D eigenvalue weighted by Crippen LogP contribution is 2.34. The molecule has 4 heteroatoms. The second-order valence-corrected chi connectivity index (χ2v) is 3.10. The molecule has 0 aliphatic carbocycles. The lowest BCUT2D eigenvalue weighted by Crippen LogP contribution is -1.98. The van der Waals surface area contributed by atoms with E-state index < -0.39 is 0 Å². The molecule has 4 N–H and O–H groups in total. The smallest absolute Gasteiger partial charge is 0.0842 e. The SMILES string of the molecule is Cc1cc(Cl)c(Cl)c(N)c1N. The van der Waals surface area contributed by atoms with Gasteiger partial charge in [0, 0.05) is 0 Å². The Morgan fingerprint density at radius 1 is 1.18 bits per heavy atom. The third-order valence-electron chi connectivity index (χ3n) is 1.50. The minimum atomic E-state index is 0.328. The summed E-state index contributed by atoms with van der Waals surface area (Å²) < 4.78 is 0. The molecule has 0 atom stereocenters. The molecule has 0 saturated heterocycles. The topological polar surface area (TPSA) is 52.0 Å². The van der Waals surface area contributed by atoms with Gasteiger partial charge in [0.25, 0.3) is 0 Å². The molecule has 1 aromatic carbocycles. The van der Waals surface area contributed by atoms with Gasteiger partial charge in [-0.15, -0.1) is 0 Å². The van der Waals surface area contributed by atoms with Gasteiger partial charge in [0.05, 0.1) is 21.4 Å². The predicted octanol–water partition coefficient (Wildman–Crippen LogP) is 2.47. The van der Waals surface area contributed by atoms with Crippen LogP contribution in [-0.2, 0) is 0 Å². The number of benzene rings is 1. The van der Waals surface area contributed by atoms with Crippen LogP contribution in [0.15, 0.2) is 6.07 Å². The zero-order valence-corrected chi connectivity index (χ0v) is 7.50. The standard InChI is InChI=1S/C7H8Cl2N2/c1-3-2-4(8)5(9)7(11)6(3)10/h2H,10-11H2,1H3. The van der Waals surface area contributed by atoms with Crippen molar-refractivity contribution in [2.24, 2.45) is 0 Å². The van der Waals surface area contributed by atoms with E-state index in [0.717, 1.165) is 5.56 Å². The van der Waals surface area contributed by atoms with E-state index in [1.54, 1.807) is 6.07 Å².